The summed E-state index contributed by atoms with van der Waals surface area (Å²) in [7, 11) is 0. The third kappa shape index (κ3) is 1.02. The van der Waals surface area contributed by atoms with Gasteiger partial charge in [0.1, 0.15) is 11.4 Å². The number of benzene rings is 1. The van der Waals surface area contributed by atoms with E-state index in [1.165, 1.54) is 11.3 Å². The number of hydrogen-bond donors (Lipinski definition) is 0. The summed E-state index contributed by atoms with van der Waals surface area (Å²) in [4.78, 5) is 29.6. The van der Waals surface area contributed by atoms with Crippen molar-refractivity contribution in [1.82, 2.24) is 9.38 Å². The fourth-order valence-corrected chi connectivity index (χ4v) is 3.01. The van der Waals surface area contributed by atoms with E-state index in [4.69, 9.17) is 0 Å². The maximum atomic E-state index is 12.4. The van der Waals surface area contributed by atoms with Crippen LogP contribution in [0.15, 0.2) is 35.8 Å². The predicted molar refractivity (Wildman–Crippen MR) is 66.4 cm³/mol. The lowest BCUT2D eigenvalue weighted by Gasteiger charge is -2.12. The van der Waals surface area contributed by atoms with Gasteiger partial charge < -0.3 is 0 Å². The average molecular weight is 254 g/mol. The molecule has 3 aromatic rings. The summed E-state index contributed by atoms with van der Waals surface area (Å²) in [5.74, 6) is -0.304. The topological polar surface area (TPSA) is 51.4 Å². The molecule has 0 saturated carbocycles. The fourth-order valence-electron chi connectivity index (χ4n) is 2.30. The van der Waals surface area contributed by atoms with Gasteiger partial charge in [0.2, 0.25) is 11.6 Å². The van der Waals surface area contributed by atoms with E-state index in [1.54, 1.807) is 34.9 Å². The molecule has 0 unspecified atom stereocenters. The van der Waals surface area contributed by atoms with Gasteiger partial charge in [0.05, 0.1) is 0 Å². The first-order chi connectivity index (χ1) is 8.77. The Balaban J connectivity index is 2.14. The summed E-state index contributed by atoms with van der Waals surface area (Å²) < 4.78 is 1.69. The first kappa shape index (κ1) is 9.73. The van der Waals surface area contributed by atoms with Crippen molar-refractivity contribution in [2.75, 3.05) is 0 Å². The number of carbonyl (C=O) groups excluding carboxylic acids is 2. The lowest BCUT2D eigenvalue weighted by molar-refractivity contribution is 0.0973. The minimum Gasteiger partial charge on any atom is -0.287 e. The van der Waals surface area contributed by atoms with Crippen LogP contribution in [0.3, 0.4) is 0 Å². The summed E-state index contributed by atoms with van der Waals surface area (Å²) >= 11 is 1.41. The van der Waals surface area contributed by atoms with E-state index in [9.17, 15) is 9.59 Å². The van der Waals surface area contributed by atoms with Gasteiger partial charge in [-0.3, -0.25) is 14.0 Å². The molecule has 4 nitrogen and oxygen atoms in total. The maximum Gasteiger partial charge on any atom is 0.214 e. The minimum absolute atomic E-state index is 0.133. The number of rotatable bonds is 0. The molecule has 2 heterocycles. The Bertz CT molecular complexity index is 829. The lowest BCUT2D eigenvalue weighted by Crippen LogP contribution is -2.21. The molecule has 0 N–H and O–H groups in total. The van der Waals surface area contributed by atoms with Crippen molar-refractivity contribution in [1.29, 1.82) is 0 Å². The smallest absolute Gasteiger partial charge is 0.214 e. The Morgan fingerprint density at radius 1 is 1.06 bits per heavy atom. The summed E-state index contributed by atoms with van der Waals surface area (Å²) in [6, 6.07) is 6.88. The van der Waals surface area contributed by atoms with E-state index in [2.05, 4.69) is 4.98 Å². The Hall–Kier alpha value is -2.27. The van der Waals surface area contributed by atoms with Gasteiger partial charge in [-0.05, 0) is 0 Å². The second-order valence-corrected chi connectivity index (χ2v) is 4.94. The Kier molecular flexibility index (Phi) is 1.70. The highest BCUT2D eigenvalue weighted by Crippen LogP contribution is 2.28. The molecule has 0 fully saturated rings. The van der Waals surface area contributed by atoms with E-state index in [0.29, 0.717) is 21.8 Å². The van der Waals surface area contributed by atoms with Crippen LogP contribution < -0.4 is 0 Å². The van der Waals surface area contributed by atoms with Gasteiger partial charge in [0.15, 0.2) is 4.96 Å². The number of fused-ring (bicyclic) bond motifs is 4. The highest BCUT2D eigenvalue weighted by molar-refractivity contribution is 7.15. The van der Waals surface area contributed by atoms with Gasteiger partial charge in [-0.15, -0.1) is 11.3 Å². The number of hydrogen-bond acceptors (Lipinski definition) is 4. The van der Waals surface area contributed by atoms with Crippen molar-refractivity contribution in [2.24, 2.45) is 0 Å². The Morgan fingerprint density at radius 2 is 1.78 bits per heavy atom. The zero-order valence-corrected chi connectivity index (χ0v) is 9.90. The molecule has 0 aliphatic heterocycles. The standard InChI is InChI=1S/C13H6N2O2S/c16-11-7-3-1-2-4-8(7)12(17)10-9(11)14-13-15(10)5-6-18-13/h1-6H. The highest BCUT2D eigenvalue weighted by atomic mass is 32.1. The molecule has 0 atom stereocenters. The van der Waals surface area contributed by atoms with Crippen molar-refractivity contribution in [3.8, 4) is 0 Å². The number of imidazole rings is 1. The molecule has 1 aliphatic carbocycles. The van der Waals surface area contributed by atoms with Crippen molar-refractivity contribution < 1.29 is 9.59 Å². The van der Waals surface area contributed by atoms with Crippen molar-refractivity contribution in [2.45, 2.75) is 0 Å². The Labute approximate surface area is 106 Å². The summed E-state index contributed by atoms with van der Waals surface area (Å²) in [6.07, 6.45) is 1.77. The van der Waals surface area contributed by atoms with E-state index >= 15 is 0 Å². The summed E-state index contributed by atoms with van der Waals surface area (Å²) in [5, 5.41) is 1.85. The molecule has 4 rings (SSSR count). The molecule has 0 spiro atoms. The van der Waals surface area contributed by atoms with Gasteiger partial charge in [0.25, 0.3) is 0 Å². The quantitative estimate of drug-likeness (QED) is 0.483. The second-order valence-electron chi connectivity index (χ2n) is 4.07. The first-order valence-electron chi connectivity index (χ1n) is 5.41. The molecule has 1 aliphatic rings. The van der Waals surface area contributed by atoms with E-state index in [-0.39, 0.29) is 17.3 Å². The van der Waals surface area contributed by atoms with Crippen LogP contribution in [0.1, 0.15) is 32.1 Å². The molecular formula is C13H6N2O2S. The Morgan fingerprint density at radius 3 is 2.56 bits per heavy atom. The first-order valence-corrected chi connectivity index (χ1v) is 6.29. The number of aromatic nitrogens is 2. The van der Waals surface area contributed by atoms with Crippen molar-refractivity contribution in [3.63, 3.8) is 0 Å². The third-order valence-electron chi connectivity index (χ3n) is 3.11. The zero-order valence-electron chi connectivity index (χ0n) is 9.08. The molecule has 18 heavy (non-hydrogen) atoms. The minimum atomic E-state index is -0.170. The van der Waals surface area contributed by atoms with Crippen LogP contribution >= 0.6 is 11.3 Å². The molecule has 86 valence electrons. The normalized spacial score (nSPS) is 13.8. The molecule has 5 heteroatoms. The predicted octanol–water partition coefficient (Wildman–Crippen LogP) is 2.17. The molecule has 0 bridgehead atoms. The van der Waals surface area contributed by atoms with Crippen LogP contribution in [0.25, 0.3) is 4.96 Å². The van der Waals surface area contributed by atoms with E-state index in [1.807, 2.05) is 5.38 Å². The van der Waals surface area contributed by atoms with Gasteiger partial charge in [0, 0.05) is 22.7 Å². The molecule has 2 aromatic heterocycles. The number of nitrogens with zero attached hydrogens (tertiary/aromatic N) is 2. The fraction of sp³-hybridized carbons (Fsp3) is 0. The van der Waals surface area contributed by atoms with Crippen LogP contribution in [-0.4, -0.2) is 21.0 Å². The molecule has 1 aromatic carbocycles. The monoisotopic (exact) mass is 254 g/mol. The van der Waals surface area contributed by atoms with Crippen molar-refractivity contribution in [3.05, 3.63) is 58.4 Å². The van der Waals surface area contributed by atoms with Gasteiger partial charge in [-0.1, -0.05) is 24.3 Å². The summed E-state index contributed by atoms with van der Waals surface area (Å²) in [6.45, 7) is 0. The second kappa shape index (κ2) is 3.14. The average Bonchev–Trinajstić information content (AvgIpc) is 2.96. The van der Waals surface area contributed by atoms with Crippen LogP contribution in [0.5, 0.6) is 0 Å². The summed E-state index contributed by atoms with van der Waals surface area (Å²) in [5.41, 5.74) is 1.56. The maximum absolute atomic E-state index is 12.4. The highest BCUT2D eigenvalue weighted by Gasteiger charge is 2.34. The number of thiazole rings is 1. The van der Waals surface area contributed by atoms with Gasteiger partial charge >= 0.3 is 0 Å². The van der Waals surface area contributed by atoms with Gasteiger partial charge in [-0.2, -0.15) is 0 Å². The zero-order chi connectivity index (χ0) is 12.3. The van der Waals surface area contributed by atoms with Crippen LogP contribution in [0.4, 0.5) is 0 Å². The lowest BCUT2D eigenvalue weighted by atomic mass is 9.90. The van der Waals surface area contributed by atoms with E-state index in [0.717, 1.165) is 0 Å². The molecule has 0 radical (unpaired) electrons. The SMILES string of the molecule is O=C1c2ccccc2C(=O)c2c1nc1sccn21. The van der Waals surface area contributed by atoms with Gasteiger partial charge in [-0.25, -0.2) is 4.98 Å². The third-order valence-corrected chi connectivity index (χ3v) is 3.87. The molecule has 0 saturated heterocycles. The van der Waals surface area contributed by atoms with Crippen LogP contribution in [0.2, 0.25) is 0 Å². The largest absolute Gasteiger partial charge is 0.287 e. The number of carbonyl (C=O) groups is 2. The molecular weight excluding hydrogens is 248 g/mol. The number of ketones is 2. The molecule has 0 amide bonds. The van der Waals surface area contributed by atoms with E-state index < -0.39 is 0 Å². The van der Waals surface area contributed by atoms with Crippen LogP contribution in [0, 0.1) is 0 Å². The van der Waals surface area contributed by atoms with Crippen LogP contribution in [-0.2, 0) is 0 Å². The van der Waals surface area contributed by atoms with Crippen molar-refractivity contribution >= 4 is 27.9 Å².